The first-order valence-electron chi connectivity index (χ1n) is 6.41. The van der Waals surface area contributed by atoms with Crippen molar-refractivity contribution in [2.75, 3.05) is 6.26 Å². The second-order valence-corrected chi connectivity index (χ2v) is 8.95. The first-order chi connectivity index (χ1) is 9.70. The van der Waals surface area contributed by atoms with Crippen LogP contribution in [0.2, 0.25) is 0 Å². The van der Waals surface area contributed by atoms with Gasteiger partial charge >= 0.3 is 0 Å². The van der Waals surface area contributed by atoms with Crippen molar-refractivity contribution in [3.05, 3.63) is 63.1 Å². The lowest BCUT2D eigenvalue weighted by molar-refractivity contribution is 0.602. The average molecular weight is 432 g/mol. The lowest BCUT2D eigenvalue weighted by atomic mass is 9.98. The molecule has 0 spiro atoms. The largest absolute Gasteiger partial charge is 0.224 e. The van der Waals surface area contributed by atoms with Crippen molar-refractivity contribution in [1.82, 2.24) is 0 Å². The Bertz CT molecular complexity index is 766. The molecule has 0 saturated carbocycles. The molecule has 2 aromatic carbocycles. The van der Waals surface area contributed by atoms with Crippen LogP contribution >= 0.6 is 31.9 Å². The zero-order valence-electron chi connectivity index (χ0n) is 12.0. The van der Waals surface area contributed by atoms with E-state index in [4.69, 9.17) is 0 Å². The van der Waals surface area contributed by atoms with Crippen LogP contribution in [0.3, 0.4) is 0 Å². The third-order valence-electron chi connectivity index (χ3n) is 3.42. The predicted molar refractivity (Wildman–Crippen MR) is 93.9 cm³/mol. The van der Waals surface area contributed by atoms with E-state index < -0.39 is 9.84 Å². The monoisotopic (exact) mass is 430 g/mol. The lowest BCUT2D eigenvalue weighted by Crippen LogP contribution is -2.00. The van der Waals surface area contributed by atoms with Gasteiger partial charge in [-0.2, -0.15) is 0 Å². The molecule has 0 N–H and O–H groups in total. The summed E-state index contributed by atoms with van der Waals surface area (Å²) in [4.78, 5) is 0.382. The molecule has 2 nitrogen and oxygen atoms in total. The molecular weight excluding hydrogens is 416 g/mol. The molecule has 0 aromatic heterocycles. The van der Waals surface area contributed by atoms with Gasteiger partial charge in [-0.05, 0) is 54.3 Å². The first kappa shape index (κ1) is 16.7. The number of hydrogen-bond donors (Lipinski definition) is 0. The Labute approximate surface area is 142 Å². The fraction of sp³-hybridized carbons (Fsp3) is 0.250. The van der Waals surface area contributed by atoms with E-state index in [9.17, 15) is 8.42 Å². The van der Waals surface area contributed by atoms with Gasteiger partial charge in [-0.15, -0.1) is 0 Å². The minimum Gasteiger partial charge on any atom is -0.224 e. The third kappa shape index (κ3) is 3.76. The smallest absolute Gasteiger partial charge is 0.175 e. The molecule has 2 rings (SSSR count). The quantitative estimate of drug-likeness (QED) is 0.644. The van der Waals surface area contributed by atoms with Crippen LogP contribution in [0, 0.1) is 13.8 Å². The summed E-state index contributed by atoms with van der Waals surface area (Å²) in [6.45, 7) is 4.12. The summed E-state index contributed by atoms with van der Waals surface area (Å²) in [5, 5.41) is 0. The van der Waals surface area contributed by atoms with Crippen LogP contribution in [0.25, 0.3) is 0 Å². The summed E-state index contributed by atoms with van der Waals surface area (Å²) in [5.74, 6) is 0. The Morgan fingerprint density at radius 2 is 1.57 bits per heavy atom. The molecule has 0 saturated heterocycles. The van der Waals surface area contributed by atoms with Gasteiger partial charge in [0.2, 0.25) is 0 Å². The predicted octanol–water partition coefficient (Wildman–Crippen LogP) is 4.95. The Hall–Kier alpha value is -0.650. The normalized spacial score (nSPS) is 13.2. The molecule has 0 heterocycles. The summed E-state index contributed by atoms with van der Waals surface area (Å²) in [6.07, 6.45) is 1.22. The highest BCUT2D eigenvalue weighted by Crippen LogP contribution is 2.35. The van der Waals surface area contributed by atoms with E-state index in [-0.39, 0.29) is 4.83 Å². The second kappa shape index (κ2) is 6.23. The standard InChI is InChI=1S/C16H16Br2O2S/c1-10-9-15(17)11(2)8-14(10)16(18)12-4-6-13(7-5-12)21(3,19)20/h4-9,16H,1-3H3. The van der Waals surface area contributed by atoms with Gasteiger partial charge in [-0.25, -0.2) is 8.42 Å². The van der Waals surface area contributed by atoms with Gasteiger partial charge in [0.25, 0.3) is 0 Å². The minimum absolute atomic E-state index is 0.0397. The van der Waals surface area contributed by atoms with Crippen molar-refractivity contribution in [1.29, 1.82) is 0 Å². The molecule has 0 aliphatic rings. The Morgan fingerprint density at radius 1 is 1.00 bits per heavy atom. The summed E-state index contributed by atoms with van der Waals surface area (Å²) in [6, 6.07) is 11.3. The Kier molecular flexibility index (Phi) is 4.96. The van der Waals surface area contributed by atoms with Gasteiger partial charge < -0.3 is 0 Å². The van der Waals surface area contributed by atoms with E-state index in [2.05, 4.69) is 57.8 Å². The molecule has 112 valence electrons. The van der Waals surface area contributed by atoms with Crippen molar-refractivity contribution in [2.24, 2.45) is 0 Å². The van der Waals surface area contributed by atoms with Crippen LogP contribution in [0.5, 0.6) is 0 Å². The highest BCUT2D eigenvalue weighted by atomic mass is 79.9. The third-order valence-corrected chi connectivity index (χ3v) is 6.43. The van der Waals surface area contributed by atoms with Gasteiger partial charge in [0.15, 0.2) is 9.84 Å². The molecule has 0 bridgehead atoms. The molecule has 0 radical (unpaired) electrons. The zero-order chi connectivity index (χ0) is 15.8. The number of sulfone groups is 1. The molecule has 0 aliphatic carbocycles. The minimum atomic E-state index is -3.15. The van der Waals surface area contributed by atoms with Crippen LogP contribution in [0.1, 0.15) is 27.1 Å². The molecule has 1 unspecified atom stereocenters. The summed E-state index contributed by atoms with van der Waals surface area (Å²) >= 11 is 7.25. The Balaban J connectivity index is 2.41. The Morgan fingerprint density at radius 3 is 2.10 bits per heavy atom. The summed E-state index contributed by atoms with van der Waals surface area (Å²) in [7, 11) is -3.15. The SMILES string of the molecule is Cc1cc(C(Br)c2ccc(S(C)(=O)=O)cc2)c(C)cc1Br. The second-order valence-electron chi connectivity index (χ2n) is 5.16. The van der Waals surface area contributed by atoms with Gasteiger partial charge in [0.1, 0.15) is 0 Å². The maximum Gasteiger partial charge on any atom is 0.175 e. The molecule has 2 aromatic rings. The van der Waals surface area contributed by atoms with Crippen molar-refractivity contribution in [3.63, 3.8) is 0 Å². The van der Waals surface area contributed by atoms with Crippen LogP contribution in [0.4, 0.5) is 0 Å². The molecule has 0 aliphatic heterocycles. The molecule has 5 heteroatoms. The maximum absolute atomic E-state index is 11.5. The van der Waals surface area contributed by atoms with Crippen LogP contribution < -0.4 is 0 Å². The van der Waals surface area contributed by atoms with Gasteiger partial charge in [-0.1, -0.05) is 50.1 Å². The number of halogens is 2. The van der Waals surface area contributed by atoms with E-state index in [1.807, 2.05) is 12.1 Å². The van der Waals surface area contributed by atoms with Crippen molar-refractivity contribution in [3.8, 4) is 0 Å². The van der Waals surface area contributed by atoms with E-state index >= 15 is 0 Å². The van der Waals surface area contributed by atoms with Crippen molar-refractivity contribution < 1.29 is 8.42 Å². The molecule has 0 fully saturated rings. The van der Waals surface area contributed by atoms with E-state index in [1.165, 1.54) is 22.9 Å². The molecule has 21 heavy (non-hydrogen) atoms. The van der Waals surface area contributed by atoms with Crippen LogP contribution in [-0.2, 0) is 9.84 Å². The number of hydrogen-bond acceptors (Lipinski definition) is 2. The van der Waals surface area contributed by atoms with E-state index in [1.54, 1.807) is 12.1 Å². The highest BCUT2D eigenvalue weighted by Gasteiger charge is 2.15. The van der Waals surface area contributed by atoms with Crippen LogP contribution in [0.15, 0.2) is 45.8 Å². The van der Waals surface area contributed by atoms with E-state index in [0.717, 1.165) is 10.0 Å². The highest BCUT2D eigenvalue weighted by molar-refractivity contribution is 9.10. The summed E-state index contributed by atoms with van der Waals surface area (Å²) in [5.41, 5.74) is 4.57. The number of aryl methyl sites for hydroxylation is 2. The zero-order valence-corrected chi connectivity index (χ0v) is 16.0. The van der Waals surface area contributed by atoms with Gasteiger partial charge in [0, 0.05) is 10.7 Å². The molecule has 1 atom stereocenters. The fourth-order valence-electron chi connectivity index (χ4n) is 2.14. The lowest BCUT2D eigenvalue weighted by Gasteiger charge is -2.16. The number of rotatable bonds is 3. The molecule has 0 amide bonds. The number of benzene rings is 2. The van der Waals surface area contributed by atoms with Crippen LogP contribution in [-0.4, -0.2) is 14.7 Å². The van der Waals surface area contributed by atoms with Gasteiger partial charge in [-0.3, -0.25) is 0 Å². The fourth-order valence-corrected chi connectivity index (χ4v) is 4.03. The van der Waals surface area contributed by atoms with Gasteiger partial charge in [0.05, 0.1) is 9.72 Å². The van der Waals surface area contributed by atoms with E-state index in [0.29, 0.717) is 4.90 Å². The maximum atomic E-state index is 11.5. The van der Waals surface area contributed by atoms with Crippen molar-refractivity contribution >= 4 is 41.7 Å². The first-order valence-corrected chi connectivity index (χ1v) is 10.0. The van der Waals surface area contributed by atoms with Crippen molar-refractivity contribution in [2.45, 2.75) is 23.6 Å². The topological polar surface area (TPSA) is 34.1 Å². The average Bonchev–Trinajstić information content (AvgIpc) is 2.41. The summed E-state index contributed by atoms with van der Waals surface area (Å²) < 4.78 is 24.1. The molecular formula is C16H16Br2O2S. The number of alkyl halides is 1.